The number of benzene rings is 1. The molecule has 0 radical (unpaired) electrons. The summed E-state index contributed by atoms with van der Waals surface area (Å²) in [4.78, 5) is 16.1. The fraction of sp³-hybridized carbons (Fsp3) is 0.222. The minimum absolute atomic E-state index is 0.0649. The van der Waals surface area contributed by atoms with E-state index in [1.165, 1.54) is 10.9 Å². The van der Waals surface area contributed by atoms with E-state index >= 15 is 0 Å². The molecule has 3 aromatic rings. The number of carbonyl (C=O) groups excluding carboxylic acids is 1. The number of hydrogen-bond donors (Lipinski definition) is 1. The van der Waals surface area contributed by atoms with Gasteiger partial charge in [0.15, 0.2) is 0 Å². The molecule has 2 aromatic heterocycles. The van der Waals surface area contributed by atoms with Crippen LogP contribution < -0.4 is 5.32 Å². The maximum atomic E-state index is 12.0. The molecule has 0 saturated carbocycles. The molecule has 1 amide bonds. The van der Waals surface area contributed by atoms with Crippen molar-refractivity contribution >= 4 is 16.8 Å². The summed E-state index contributed by atoms with van der Waals surface area (Å²) in [6, 6.07) is 14.1. The first-order chi connectivity index (χ1) is 10.7. The van der Waals surface area contributed by atoms with Crippen molar-refractivity contribution in [2.24, 2.45) is 0 Å². The Morgan fingerprint density at radius 3 is 2.86 bits per heavy atom. The van der Waals surface area contributed by atoms with Crippen LogP contribution in [0.4, 0.5) is 0 Å². The van der Waals surface area contributed by atoms with Crippen molar-refractivity contribution in [2.75, 3.05) is 6.54 Å². The second-order valence-electron chi connectivity index (χ2n) is 5.37. The lowest BCUT2D eigenvalue weighted by Crippen LogP contribution is -2.25. The highest BCUT2D eigenvalue weighted by Gasteiger charge is 2.05. The quantitative estimate of drug-likeness (QED) is 0.734. The van der Waals surface area contributed by atoms with E-state index in [2.05, 4.69) is 39.3 Å². The molecule has 2 heterocycles. The molecule has 1 aromatic carbocycles. The van der Waals surface area contributed by atoms with Crippen LogP contribution in [-0.2, 0) is 6.54 Å². The molecule has 0 aliphatic heterocycles. The van der Waals surface area contributed by atoms with E-state index in [9.17, 15) is 4.79 Å². The molecule has 22 heavy (non-hydrogen) atoms. The Bertz CT molecular complexity index is 774. The predicted octanol–water partition coefficient (Wildman–Crippen LogP) is 3.16. The molecular formula is C18H19N3O. The molecule has 0 bridgehead atoms. The van der Waals surface area contributed by atoms with Crippen molar-refractivity contribution in [1.29, 1.82) is 0 Å². The monoisotopic (exact) mass is 293 g/mol. The zero-order valence-corrected chi connectivity index (χ0v) is 12.6. The van der Waals surface area contributed by atoms with E-state index in [0.29, 0.717) is 12.1 Å². The summed E-state index contributed by atoms with van der Waals surface area (Å²) in [5.41, 5.74) is 2.75. The number of rotatable bonds is 5. The van der Waals surface area contributed by atoms with Gasteiger partial charge in [-0.3, -0.25) is 9.78 Å². The number of carbonyl (C=O) groups is 1. The van der Waals surface area contributed by atoms with Gasteiger partial charge in [0.25, 0.3) is 5.91 Å². The molecule has 1 N–H and O–H groups in total. The number of para-hydroxylation sites is 1. The van der Waals surface area contributed by atoms with Gasteiger partial charge in [0.2, 0.25) is 0 Å². The third-order valence-electron chi connectivity index (χ3n) is 3.72. The molecule has 3 rings (SSSR count). The topological polar surface area (TPSA) is 46.9 Å². The first-order valence-electron chi connectivity index (χ1n) is 7.49. The Kier molecular flexibility index (Phi) is 4.19. The minimum Gasteiger partial charge on any atom is -0.352 e. The molecule has 4 heteroatoms. The van der Waals surface area contributed by atoms with Crippen molar-refractivity contribution in [3.05, 3.63) is 66.1 Å². The molecule has 0 fully saturated rings. The van der Waals surface area contributed by atoms with Crippen LogP contribution >= 0.6 is 0 Å². The molecule has 0 atom stereocenters. The normalized spacial score (nSPS) is 10.8. The van der Waals surface area contributed by atoms with Crippen LogP contribution in [0.1, 0.15) is 22.5 Å². The van der Waals surface area contributed by atoms with Crippen LogP contribution in [0.2, 0.25) is 0 Å². The van der Waals surface area contributed by atoms with Gasteiger partial charge in [-0.05, 0) is 43.0 Å². The van der Waals surface area contributed by atoms with Gasteiger partial charge in [-0.25, -0.2) is 0 Å². The number of nitrogens with zero attached hydrogens (tertiary/aromatic N) is 2. The van der Waals surface area contributed by atoms with Crippen LogP contribution in [-0.4, -0.2) is 22.0 Å². The summed E-state index contributed by atoms with van der Waals surface area (Å²) >= 11 is 0. The van der Waals surface area contributed by atoms with Gasteiger partial charge in [-0.15, -0.1) is 0 Å². The number of aromatic nitrogens is 2. The fourth-order valence-corrected chi connectivity index (χ4v) is 2.49. The lowest BCUT2D eigenvalue weighted by Gasteiger charge is -2.07. The van der Waals surface area contributed by atoms with Crippen LogP contribution in [0.15, 0.2) is 54.9 Å². The van der Waals surface area contributed by atoms with Crippen molar-refractivity contribution < 1.29 is 4.79 Å². The maximum absolute atomic E-state index is 12.0. The highest BCUT2D eigenvalue weighted by atomic mass is 16.1. The number of amides is 1. The van der Waals surface area contributed by atoms with E-state index in [1.54, 1.807) is 12.3 Å². The van der Waals surface area contributed by atoms with Gasteiger partial charge >= 0.3 is 0 Å². The predicted molar refractivity (Wildman–Crippen MR) is 87.9 cm³/mol. The Hall–Kier alpha value is -2.62. The number of nitrogens with one attached hydrogen (secondary N) is 1. The Balaban J connectivity index is 1.51. The lowest BCUT2D eigenvalue weighted by atomic mass is 10.2. The van der Waals surface area contributed by atoms with Crippen LogP contribution in [0.3, 0.4) is 0 Å². The Morgan fingerprint density at radius 2 is 2.05 bits per heavy atom. The van der Waals surface area contributed by atoms with Gasteiger partial charge in [0.1, 0.15) is 0 Å². The first-order valence-corrected chi connectivity index (χ1v) is 7.49. The van der Waals surface area contributed by atoms with Gasteiger partial charge < -0.3 is 9.88 Å². The molecule has 0 spiro atoms. The smallest absolute Gasteiger partial charge is 0.252 e. The van der Waals surface area contributed by atoms with Crippen LogP contribution in [0.5, 0.6) is 0 Å². The molecule has 0 aliphatic carbocycles. The molecule has 0 saturated heterocycles. The van der Waals surface area contributed by atoms with Crippen LogP contribution in [0.25, 0.3) is 10.9 Å². The average Bonchev–Trinajstić information content (AvgIpc) is 2.95. The lowest BCUT2D eigenvalue weighted by molar-refractivity contribution is 0.0952. The second kappa shape index (κ2) is 6.43. The van der Waals surface area contributed by atoms with Crippen molar-refractivity contribution in [3.8, 4) is 0 Å². The third kappa shape index (κ3) is 3.17. The number of hydrogen-bond acceptors (Lipinski definition) is 2. The molecule has 112 valence electrons. The molecule has 0 unspecified atom stereocenters. The van der Waals surface area contributed by atoms with E-state index in [0.717, 1.165) is 18.7 Å². The van der Waals surface area contributed by atoms with Gasteiger partial charge in [0, 0.05) is 36.7 Å². The molecule has 4 nitrogen and oxygen atoms in total. The largest absolute Gasteiger partial charge is 0.352 e. The Morgan fingerprint density at radius 1 is 1.18 bits per heavy atom. The van der Waals surface area contributed by atoms with E-state index < -0.39 is 0 Å². The van der Waals surface area contributed by atoms with Gasteiger partial charge in [-0.1, -0.05) is 18.2 Å². The van der Waals surface area contributed by atoms with Crippen molar-refractivity contribution in [3.63, 3.8) is 0 Å². The van der Waals surface area contributed by atoms with E-state index in [-0.39, 0.29) is 5.91 Å². The zero-order chi connectivity index (χ0) is 15.4. The molecular weight excluding hydrogens is 274 g/mol. The zero-order valence-electron chi connectivity index (χ0n) is 12.6. The highest BCUT2D eigenvalue weighted by Crippen LogP contribution is 2.15. The van der Waals surface area contributed by atoms with Crippen molar-refractivity contribution in [1.82, 2.24) is 14.9 Å². The summed E-state index contributed by atoms with van der Waals surface area (Å²) in [7, 11) is 0. The van der Waals surface area contributed by atoms with E-state index in [4.69, 9.17) is 0 Å². The number of fused-ring (bicyclic) bond motifs is 1. The Labute approximate surface area is 129 Å². The van der Waals surface area contributed by atoms with Crippen LogP contribution in [0, 0.1) is 6.92 Å². The van der Waals surface area contributed by atoms with Gasteiger partial charge in [-0.2, -0.15) is 0 Å². The first kappa shape index (κ1) is 14.3. The molecule has 0 aliphatic rings. The minimum atomic E-state index is -0.0649. The summed E-state index contributed by atoms with van der Waals surface area (Å²) in [6.45, 7) is 3.45. The van der Waals surface area contributed by atoms with Gasteiger partial charge in [0.05, 0.1) is 5.56 Å². The fourth-order valence-electron chi connectivity index (χ4n) is 2.49. The number of pyridine rings is 1. The summed E-state index contributed by atoms with van der Waals surface area (Å²) in [6.07, 6.45) is 4.60. The summed E-state index contributed by atoms with van der Waals surface area (Å²) < 4.78 is 2.22. The maximum Gasteiger partial charge on any atom is 0.252 e. The summed E-state index contributed by atoms with van der Waals surface area (Å²) in [5, 5.41) is 4.18. The summed E-state index contributed by atoms with van der Waals surface area (Å²) in [5.74, 6) is -0.0649. The standard InChI is InChI=1S/C18H19N3O/c1-14-7-8-16(13-20-14)18(22)19-10-4-11-21-12-9-15-5-2-3-6-17(15)21/h2-3,5-9,12-13H,4,10-11H2,1H3,(H,19,22). The third-order valence-corrected chi connectivity index (χ3v) is 3.72. The van der Waals surface area contributed by atoms with E-state index in [1.807, 2.05) is 25.1 Å². The van der Waals surface area contributed by atoms with Crippen molar-refractivity contribution in [2.45, 2.75) is 19.9 Å². The average molecular weight is 293 g/mol. The highest BCUT2D eigenvalue weighted by molar-refractivity contribution is 5.93. The SMILES string of the molecule is Cc1ccc(C(=O)NCCCn2ccc3ccccc32)cn1. The second-order valence-corrected chi connectivity index (χ2v) is 5.37. The number of aryl methyl sites for hydroxylation is 2.